The molecule has 1 aromatic carbocycles. The number of ether oxygens (including phenoxy) is 2. The van der Waals surface area contributed by atoms with Crippen molar-refractivity contribution in [3.63, 3.8) is 0 Å². The number of methoxy groups -OCH3 is 1. The van der Waals surface area contributed by atoms with Crippen molar-refractivity contribution < 1.29 is 18.7 Å². The lowest BCUT2D eigenvalue weighted by atomic mass is 9.74. The number of nitrogens with one attached hydrogen (secondary N) is 1. The lowest BCUT2D eigenvalue weighted by Gasteiger charge is -2.38. The van der Waals surface area contributed by atoms with Gasteiger partial charge in [-0.05, 0) is 49.6 Å². The third-order valence-corrected chi connectivity index (χ3v) is 6.85. The minimum Gasteiger partial charge on any atom is -0.497 e. The zero-order valence-corrected chi connectivity index (χ0v) is 19.2. The largest absolute Gasteiger partial charge is 0.497 e. The van der Waals surface area contributed by atoms with E-state index >= 15 is 0 Å². The summed E-state index contributed by atoms with van der Waals surface area (Å²) in [7, 11) is 1.66. The van der Waals surface area contributed by atoms with Gasteiger partial charge in [-0.15, -0.1) is 10.2 Å². The predicted octanol–water partition coefficient (Wildman–Crippen LogP) is 3.52. The van der Waals surface area contributed by atoms with Crippen molar-refractivity contribution in [2.24, 2.45) is 0 Å². The fraction of sp³-hybridized carbons (Fsp3) is 0.435. The lowest BCUT2D eigenvalue weighted by molar-refractivity contribution is -0.119. The van der Waals surface area contributed by atoms with E-state index in [4.69, 9.17) is 13.9 Å². The summed E-state index contributed by atoms with van der Waals surface area (Å²) in [4.78, 5) is 12.7. The van der Waals surface area contributed by atoms with Gasteiger partial charge in [0.25, 0.3) is 0 Å². The summed E-state index contributed by atoms with van der Waals surface area (Å²) < 4.78 is 18.3. The van der Waals surface area contributed by atoms with Crippen LogP contribution in [-0.4, -0.2) is 53.3 Å². The van der Waals surface area contributed by atoms with Crippen molar-refractivity contribution in [2.75, 3.05) is 32.6 Å². The zero-order valence-electron chi connectivity index (χ0n) is 18.4. The molecule has 0 aliphatic carbocycles. The highest BCUT2D eigenvalue weighted by Crippen LogP contribution is 2.35. The van der Waals surface area contributed by atoms with Crippen LogP contribution in [0.15, 0.2) is 52.2 Å². The van der Waals surface area contributed by atoms with Crippen molar-refractivity contribution in [3.05, 3.63) is 48.2 Å². The monoisotopic (exact) mass is 456 g/mol. The van der Waals surface area contributed by atoms with Crippen LogP contribution in [0.3, 0.4) is 0 Å². The Bertz CT molecular complexity index is 1010. The Labute approximate surface area is 191 Å². The summed E-state index contributed by atoms with van der Waals surface area (Å²) in [5.41, 5.74) is 1.06. The van der Waals surface area contributed by atoms with E-state index in [0.29, 0.717) is 43.0 Å². The number of nitrogens with zero attached hydrogens (tertiary/aromatic N) is 3. The average molecular weight is 457 g/mol. The Morgan fingerprint density at radius 2 is 2.00 bits per heavy atom. The first-order valence-electron chi connectivity index (χ1n) is 10.7. The van der Waals surface area contributed by atoms with Crippen LogP contribution in [-0.2, 0) is 21.5 Å². The van der Waals surface area contributed by atoms with Gasteiger partial charge in [-0.1, -0.05) is 23.9 Å². The average Bonchev–Trinajstić information content (AvgIpc) is 3.51. The summed E-state index contributed by atoms with van der Waals surface area (Å²) in [5.74, 6) is 2.40. The summed E-state index contributed by atoms with van der Waals surface area (Å²) in [6, 6.07) is 11.8. The van der Waals surface area contributed by atoms with E-state index in [2.05, 4.69) is 27.6 Å². The second-order valence-corrected chi connectivity index (χ2v) is 8.66. The summed E-state index contributed by atoms with van der Waals surface area (Å²) in [5, 5.41) is 12.3. The number of aromatic nitrogens is 3. The third kappa shape index (κ3) is 4.83. The molecule has 3 heterocycles. The van der Waals surface area contributed by atoms with E-state index in [1.54, 1.807) is 13.4 Å². The molecule has 4 rings (SSSR count). The molecule has 0 unspecified atom stereocenters. The van der Waals surface area contributed by atoms with Crippen molar-refractivity contribution in [1.82, 2.24) is 20.1 Å². The van der Waals surface area contributed by atoms with E-state index in [1.165, 1.54) is 17.3 Å². The first-order valence-corrected chi connectivity index (χ1v) is 11.7. The molecule has 1 amide bonds. The van der Waals surface area contributed by atoms with Crippen LogP contribution in [0.4, 0.5) is 0 Å². The number of hydrogen-bond donors (Lipinski definition) is 1. The van der Waals surface area contributed by atoms with Gasteiger partial charge in [0.05, 0.1) is 19.1 Å². The number of benzene rings is 1. The molecule has 9 heteroatoms. The van der Waals surface area contributed by atoms with Gasteiger partial charge in [0, 0.05) is 31.7 Å². The molecule has 0 radical (unpaired) electrons. The van der Waals surface area contributed by atoms with Crippen LogP contribution in [0.2, 0.25) is 0 Å². The van der Waals surface area contributed by atoms with Crippen molar-refractivity contribution in [2.45, 2.75) is 36.9 Å². The summed E-state index contributed by atoms with van der Waals surface area (Å²) in [6.45, 7) is 4.65. The van der Waals surface area contributed by atoms with Crippen LogP contribution in [0.25, 0.3) is 11.6 Å². The molecule has 2 aromatic heterocycles. The second-order valence-electron chi connectivity index (χ2n) is 7.71. The molecule has 1 saturated heterocycles. The molecular weight excluding hydrogens is 428 g/mol. The van der Waals surface area contributed by atoms with Crippen molar-refractivity contribution >= 4 is 17.7 Å². The molecular formula is C23H28N4O4S. The SMILES string of the molecule is CCn1c(SCC(=O)NCC2(c3ccc(OC)cc3)CCOCC2)nnc1-c1ccco1. The minimum atomic E-state index is -0.138. The molecule has 1 N–H and O–H groups in total. The van der Waals surface area contributed by atoms with Crippen molar-refractivity contribution in [1.29, 1.82) is 0 Å². The predicted molar refractivity (Wildman–Crippen MR) is 122 cm³/mol. The van der Waals surface area contributed by atoms with Gasteiger partial charge in [0.2, 0.25) is 5.91 Å². The smallest absolute Gasteiger partial charge is 0.230 e. The number of furan rings is 1. The highest BCUT2D eigenvalue weighted by atomic mass is 32.2. The summed E-state index contributed by atoms with van der Waals surface area (Å²) in [6.07, 6.45) is 3.34. The molecule has 3 aromatic rings. The van der Waals surface area contributed by atoms with E-state index in [0.717, 1.165) is 18.6 Å². The fourth-order valence-electron chi connectivity index (χ4n) is 3.99. The lowest BCUT2D eigenvalue weighted by Crippen LogP contribution is -2.45. The topological polar surface area (TPSA) is 91.4 Å². The first kappa shape index (κ1) is 22.4. The highest BCUT2D eigenvalue weighted by molar-refractivity contribution is 7.99. The van der Waals surface area contributed by atoms with Crippen molar-refractivity contribution in [3.8, 4) is 17.3 Å². The quantitative estimate of drug-likeness (QED) is 0.493. The molecule has 0 saturated carbocycles. The van der Waals surface area contributed by atoms with Gasteiger partial charge in [0.15, 0.2) is 16.7 Å². The van der Waals surface area contributed by atoms with E-state index in [9.17, 15) is 4.79 Å². The number of thioether (sulfide) groups is 1. The molecule has 32 heavy (non-hydrogen) atoms. The van der Waals surface area contributed by atoms with Crippen LogP contribution in [0.5, 0.6) is 5.75 Å². The maximum absolute atomic E-state index is 12.7. The maximum atomic E-state index is 12.7. The molecule has 1 aliphatic heterocycles. The molecule has 8 nitrogen and oxygen atoms in total. The van der Waals surface area contributed by atoms with Crippen LogP contribution >= 0.6 is 11.8 Å². The maximum Gasteiger partial charge on any atom is 0.230 e. The molecule has 1 fully saturated rings. The van der Waals surface area contributed by atoms with Gasteiger partial charge in [-0.3, -0.25) is 9.36 Å². The van der Waals surface area contributed by atoms with Gasteiger partial charge < -0.3 is 19.2 Å². The normalized spacial score (nSPS) is 15.4. The Morgan fingerprint density at radius 1 is 1.22 bits per heavy atom. The molecule has 0 atom stereocenters. The molecule has 0 spiro atoms. The number of hydrogen-bond acceptors (Lipinski definition) is 7. The number of amides is 1. The molecule has 170 valence electrons. The minimum absolute atomic E-state index is 0.0282. The Kier molecular flexibility index (Phi) is 7.16. The zero-order chi connectivity index (χ0) is 22.4. The standard InChI is InChI=1S/C23H28N4O4S/c1-3-27-21(19-5-4-12-31-19)25-26-22(27)32-15-20(28)24-16-23(10-13-30-14-11-23)17-6-8-18(29-2)9-7-17/h4-9,12H,3,10-11,13-16H2,1-2H3,(H,24,28). The van der Waals surface area contributed by atoms with E-state index < -0.39 is 0 Å². The fourth-order valence-corrected chi connectivity index (χ4v) is 4.82. The first-order chi connectivity index (χ1) is 15.6. The van der Waals surface area contributed by atoms with E-state index in [-0.39, 0.29) is 17.1 Å². The van der Waals surface area contributed by atoms with Gasteiger partial charge in [-0.2, -0.15) is 0 Å². The van der Waals surface area contributed by atoms with Crippen LogP contribution in [0.1, 0.15) is 25.3 Å². The number of rotatable bonds is 9. The van der Waals surface area contributed by atoms with Crippen LogP contribution in [0, 0.1) is 0 Å². The molecule has 1 aliphatic rings. The van der Waals surface area contributed by atoms with Crippen LogP contribution < -0.4 is 10.1 Å². The molecule has 0 bridgehead atoms. The van der Waals surface area contributed by atoms with E-state index in [1.807, 2.05) is 35.8 Å². The Balaban J connectivity index is 1.39. The number of carbonyl (C=O) groups is 1. The highest BCUT2D eigenvalue weighted by Gasteiger charge is 2.35. The third-order valence-electron chi connectivity index (χ3n) is 5.88. The second kappa shape index (κ2) is 10.2. The van der Waals surface area contributed by atoms with Gasteiger partial charge in [0.1, 0.15) is 5.75 Å². The Hall–Kier alpha value is -2.78. The van der Waals surface area contributed by atoms with Gasteiger partial charge in [-0.25, -0.2) is 0 Å². The van der Waals surface area contributed by atoms with Gasteiger partial charge >= 0.3 is 0 Å². The summed E-state index contributed by atoms with van der Waals surface area (Å²) >= 11 is 1.38. The Morgan fingerprint density at radius 3 is 2.66 bits per heavy atom. The number of carbonyl (C=O) groups excluding carboxylic acids is 1.